The molecule has 0 radical (unpaired) electrons. The van der Waals surface area contributed by atoms with E-state index in [9.17, 15) is 21.6 Å². The molecule has 1 aromatic rings. The zero-order valence-electron chi connectivity index (χ0n) is 7.88. The van der Waals surface area contributed by atoms with Crippen LogP contribution in [0.3, 0.4) is 0 Å². The predicted molar refractivity (Wildman–Crippen MR) is 51.9 cm³/mol. The molecular weight excluding hydrogens is 269 g/mol. The van der Waals surface area contributed by atoms with E-state index >= 15 is 0 Å². The van der Waals surface area contributed by atoms with Crippen LogP contribution >= 0.6 is 11.6 Å². The fraction of sp³-hybridized carbons (Fsp3) is 0.250. The van der Waals surface area contributed by atoms with Gasteiger partial charge in [0.25, 0.3) is 0 Å². The smallest absolute Gasteiger partial charge is 0.380 e. The molecule has 0 spiro atoms. The number of para-hydroxylation sites is 1. The summed E-state index contributed by atoms with van der Waals surface area (Å²) in [6.45, 7) is 0. The highest BCUT2D eigenvalue weighted by atomic mass is 35.5. The molecule has 0 unspecified atom stereocenters. The number of alkyl halides is 3. The standard InChI is InChI=1S/C8H6ClF3O3S/c1-16(13,14)15-7-5(8(10,11)12)3-2-4-6(7)9/h2-4H,1H3. The summed E-state index contributed by atoms with van der Waals surface area (Å²) >= 11 is 5.45. The summed E-state index contributed by atoms with van der Waals surface area (Å²) in [5.74, 6) is -0.904. The Balaban J connectivity index is 3.36. The fourth-order valence-corrected chi connectivity index (χ4v) is 1.71. The SMILES string of the molecule is CS(=O)(=O)Oc1c(Cl)cccc1C(F)(F)F. The molecule has 0 saturated heterocycles. The van der Waals surface area contributed by atoms with Crippen LogP contribution in [-0.2, 0) is 16.3 Å². The van der Waals surface area contributed by atoms with Crippen molar-refractivity contribution in [2.24, 2.45) is 0 Å². The van der Waals surface area contributed by atoms with Crippen molar-refractivity contribution in [2.45, 2.75) is 6.18 Å². The maximum atomic E-state index is 12.5. The van der Waals surface area contributed by atoms with E-state index in [2.05, 4.69) is 4.18 Å². The van der Waals surface area contributed by atoms with Crippen molar-refractivity contribution in [1.29, 1.82) is 0 Å². The Morgan fingerprint density at radius 3 is 2.31 bits per heavy atom. The van der Waals surface area contributed by atoms with Crippen LogP contribution in [0.25, 0.3) is 0 Å². The van der Waals surface area contributed by atoms with Gasteiger partial charge in [0.15, 0.2) is 5.75 Å². The summed E-state index contributed by atoms with van der Waals surface area (Å²) < 4.78 is 63.2. The number of hydrogen-bond acceptors (Lipinski definition) is 3. The highest BCUT2D eigenvalue weighted by molar-refractivity contribution is 7.86. The maximum Gasteiger partial charge on any atom is 0.420 e. The second kappa shape index (κ2) is 4.14. The van der Waals surface area contributed by atoms with E-state index in [1.165, 1.54) is 0 Å². The number of benzene rings is 1. The molecule has 0 aliphatic heterocycles. The van der Waals surface area contributed by atoms with Crippen LogP contribution in [0.5, 0.6) is 5.75 Å². The highest BCUT2D eigenvalue weighted by Crippen LogP contribution is 2.40. The Bertz CT molecular complexity index is 496. The lowest BCUT2D eigenvalue weighted by Gasteiger charge is -2.13. The Hall–Kier alpha value is -0.950. The van der Waals surface area contributed by atoms with E-state index in [4.69, 9.17) is 11.6 Å². The van der Waals surface area contributed by atoms with E-state index in [-0.39, 0.29) is 0 Å². The molecular formula is C8H6ClF3O3S. The van der Waals surface area contributed by atoms with E-state index in [1.54, 1.807) is 0 Å². The van der Waals surface area contributed by atoms with Gasteiger partial charge in [-0.15, -0.1) is 0 Å². The van der Waals surface area contributed by atoms with Gasteiger partial charge < -0.3 is 4.18 Å². The third kappa shape index (κ3) is 3.28. The molecule has 0 bridgehead atoms. The Morgan fingerprint density at radius 2 is 1.88 bits per heavy atom. The highest BCUT2D eigenvalue weighted by Gasteiger charge is 2.36. The number of rotatable bonds is 2. The first-order valence-electron chi connectivity index (χ1n) is 3.86. The van der Waals surface area contributed by atoms with Gasteiger partial charge in [-0.3, -0.25) is 0 Å². The van der Waals surface area contributed by atoms with Crippen molar-refractivity contribution in [3.8, 4) is 5.75 Å². The molecule has 0 atom stereocenters. The van der Waals surface area contributed by atoms with Gasteiger partial charge in [-0.25, -0.2) is 0 Å². The van der Waals surface area contributed by atoms with Gasteiger partial charge in [-0.1, -0.05) is 17.7 Å². The van der Waals surface area contributed by atoms with Crippen LogP contribution in [0.2, 0.25) is 5.02 Å². The minimum absolute atomic E-state index is 0.416. The Labute approximate surface area is 94.9 Å². The zero-order chi connectivity index (χ0) is 12.6. The third-order valence-corrected chi connectivity index (χ3v) is 2.27. The van der Waals surface area contributed by atoms with Crippen molar-refractivity contribution >= 4 is 21.7 Å². The van der Waals surface area contributed by atoms with Crippen LogP contribution in [0.1, 0.15) is 5.56 Å². The van der Waals surface area contributed by atoms with E-state index < -0.39 is 32.6 Å². The lowest BCUT2D eigenvalue weighted by molar-refractivity contribution is -0.138. The lowest BCUT2D eigenvalue weighted by Crippen LogP contribution is -2.13. The second-order valence-corrected chi connectivity index (χ2v) is 4.88. The summed E-state index contributed by atoms with van der Waals surface area (Å²) in [5.41, 5.74) is -1.23. The van der Waals surface area contributed by atoms with Gasteiger partial charge in [0.05, 0.1) is 11.3 Å². The van der Waals surface area contributed by atoms with Gasteiger partial charge in [0.1, 0.15) is 5.56 Å². The van der Waals surface area contributed by atoms with Crippen molar-refractivity contribution < 1.29 is 25.8 Å². The van der Waals surface area contributed by atoms with Crippen LogP contribution in [-0.4, -0.2) is 14.7 Å². The Morgan fingerprint density at radius 1 is 1.31 bits per heavy atom. The molecule has 3 nitrogen and oxygen atoms in total. The molecule has 0 N–H and O–H groups in total. The average molecular weight is 275 g/mol. The molecule has 90 valence electrons. The van der Waals surface area contributed by atoms with Gasteiger partial charge >= 0.3 is 16.3 Å². The molecule has 1 aromatic carbocycles. The molecule has 0 aliphatic carbocycles. The van der Waals surface area contributed by atoms with Crippen LogP contribution in [0, 0.1) is 0 Å². The molecule has 0 aliphatic rings. The van der Waals surface area contributed by atoms with Crippen LogP contribution in [0.4, 0.5) is 13.2 Å². The lowest BCUT2D eigenvalue weighted by atomic mass is 10.2. The van der Waals surface area contributed by atoms with Gasteiger partial charge in [0.2, 0.25) is 0 Å². The number of hydrogen-bond donors (Lipinski definition) is 0. The van der Waals surface area contributed by atoms with Crippen molar-refractivity contribution in [3.05, 3.63) is 28.8 Å². The van der Waals surface area contributed by atoms with E-state index in [1.807, 2.05) is 0 Å². The predicted octanol–water partition coefficient (Wildman–Crippen LogP) is 2.70. The molecule has 0 amide bonds. The molecule has 0 heterocycles. The minimum atomic E-state index is -4.73. The molecule has 16 heavy (non-hydrogen) atoms. The summed E-state index contributed by atoms with van der Waals surface area (Å²) in [5, 5.41) is -0.416. The zero-order valence-corrected chi connectivity index (χ0v) is 9.45. The van der Waals surface area contributed by atoms with Gasteiger partial charge in [0, 0.05) is 0 Å². The van der Waals surface area contributed by atoms with E-state index in [0.717, 1.165) is 12.1 Å². The van der Waals surface area contributed by atoms with Crippen molar-refractivity contribution in [3.63, 3.8) is 0 Å². The van der Waals surface area contributed by atoms with E-state index in [0.29, 0.717) is 12.3 Å². The third-order valence-electron chi connectivity index (χ3n) is 1.51. The first kappa shape index (κ1) is 13.1. The van der Waals surface area contributed by atoms with Crippen LogP contribution < -0.4 is 4.18 Å². The molecule has 0 saturated carbocycles. The summed E-state index contributed by atoms with van der Waals surface area (Å²) in [4.78, 5) is 0. The molecule has 1 rings (SSSR count). The van der Waals surface area contributed by atoms with Crippen molar-refractivity contribution in [1.82, 2.24) is 0 Å². The largest absolute Gasteiger partial charge is 0.420 e. The summed E-state index contributed by atoms with van der Waals surface area (Å²) in [6, 6.07) is 2.85. The van der Waals surface area contributed by atoms with Gasteiger partial charge in [-0.2, -0.15) is 21.6 Å². The molecule has 0 fully saturated rings. The first-order valence-corrected chi connectivity index (χ1v) is 6.06. The second-order valence-electron chi connectivity index (χ2n) is 2.90. The molecule has 0 aromatic heterocycles. The maximum absolute atomic E-state index is 12.5. The Kier molecular flexibility index (Phi) is 3.39. The normalized spacial score (nSPS) is 12.6. The molecule has 8 heteroatoms. The average Bonchev–Trinajstić information content (AvgIpc) is 2.04. The van der Waals surface area contributed by atoms with Crippen LogP contribution in [0.15, 0.2) is 18.2 Å². The quantitative estimate of drug-likeness (QED) is 0.779. The van der Waals surface area contributed by atoms with Crippen molar-refractivity contribution in [2.75, 3.05) is 6.26 Å². The summed E-state index contributed by atoms with van der Waals surface area (Å²) in [7, 11) is -4.07. The number of halogens is 4. The van der Waals surface area contributed by atoms with Gasteiger partial charge in [-0.05, 0) is 12.1 Å². The topological polar surface area (TPSA) is 43.4 Å². The summed E-state index contributed by atoms with van der Waals surface area (Å²) in [6.07, 6.45) is -4.10. The monoisotopic (exact) mass is 274 g/mol. The fourth-order valence-electron chi connectivity index (χ4n) is 0.968. The minimum Gasteiger partial charge on any atom is -0.380 e. The first-order chi connectivity index (χ1) is 7.11.